The molecule has 21 heavy (non-hydrogen) atoms. The van der Waals surface area contributed by atoms with Crippen LogP contribution in [-0.2, 0) is 6.42 Å². The molecule has 2 rings (SSSR count). The van der Waals surface area contributed by atoms with Gasteiger partial charge >= 0.3 is 5.69 Å². The second-order valence-electron chi connectivity index (χ2n) is 4.62. The monoisotopic (exact) mass is 285 g/mol. The third-order valence-corrected chi connectivity index (χ3v) is 3.25. The molecule has 0 aliphatic heterocycles. The molecule has 5 nitrogen and oxygen atoms in total. The first kappa shape index (κ1) is 14.8. The summed E-state index contributed by atoms with van der Waals surface area (Å²) in [4.78, 5) is 11.0. The van der Waals surface area contributed by atoms with Crippen LogP contribution in [0, 0.1) is 10.1 Å². The number of anilines is 3. The van der Waals surface area contributed by atoms with Crippen LogP contribution < -0.4 is 10.6 Å². The van der Waals surface area contributed by atoms with Crippen LogP contribution in [0.2, 0.25) is 0 Å². The summed E-state index contributed by atoms with van der Waals surface area (Å²) in [5.74, 6) is 0. The Morgan fingerprint density at radius 2 is 1.67 bits per heavy atom. The fraction of sp³-hybridized carbons (Fsp3) is 0.250. The second kappa shape index (κ2) is 6.74. The molecule has 0 aliphatic rings. The fourth-order valence-electron chi connectivity index (χ4n) is 2.27. The topological polar surface area (TPSA) is 67.2 Å². The minimum absolute atomic E-state index is 0.0743. The van der Waals surface area contributed by atoms with Gasteiger partial charge in [0.1, 0.15) is 11.4 Å². The van der Waals surface area contributed by atoms with E-state index in [4.69, 9.17) is 0 Å². The van der Waals surface area contributed by atoms with Gasteiger partial charge in [-0.3, -0.25) is 10.1 Å². The molecule has 110 valence electrons. The molecule has 0 spiro atoms. The minimum Gasteiger partial charge on any atom is -0.380 e. The van der Waals surface area contributed by atoms with Crippen LogP contribution in [0.3, 0.4) is 0 Å². The molecule has 0 bridgehead atoms. The highest BCUT2D eigenvalue weighted by Gasteiger charge is 2.19. The summed E-state index contributed by atoms with van der Waals surface area (Å²) in [7, 11) is 0. The summed E-state index contributed by atoms with van der Waals surface area (Å²) in [6.07, 6.45) is 0.865. The van der Waals surface area contributed by atoms with Gasteiger partial charge in [0.25, 0.3) is 0 Å². The molecule has 0 aromatic heterocycles. The summed E-state index contributed by atoms with van der Waals surface area (Å²) in [6, 6.07) is 13.1. The zero-order valence-corrected chi connectivity index (χ0v) is 12.2. The number of aryl methyl sites for hydroxylation is 1. The van der Waals surface area contributed by atoms with Crippen molar-refractivity contribution in [2.24, 2.45) is 0 Å². The van der Waals surface area contributed by atoms with Gasteiger partial charge in [0.15, 0.2) is 0 Å². The molecule has 0 radical (unpaired) electrons. The molecule has 0 fully saturated rings. The van der Waals surface area contributed by atoms with Crippen molar-refractivity contribution in [1.82, 2.24) is 0 Å². The van der Waals surface area contributed by atoms with Crippen molar-refractivity contribution in [3.8, 4) is 0 Å². The molecule has 0 aliphatic carbocycles. The molecule has 0 saturated carbocycles. The van der Waals surface area contributed by atoms with E-state index in [9.17, 15) is 10.1 Å². The predicted octanol–water partition coefficient (Wildman–Crippen LogP) is 4.33. The maximum atomic E-state index is 11.4. The number of nitrogens with one attached hydrogen (secondary N) is 2. The Labute approximate surface area is 124 Å². The fourth-order valence-corrected chi connectivity index (χ4v) is 2.27. The van der Waals surface area contributed by atoms with Gasteiger partial charge < -0.3 is 10.6 Å². The van der Waals surface area contributed by atoms with Crippen LogP contribution in [-0.4, -0.2) is 11.5 Å². The van der Waals surface area contributed by atoms with E-state index in [2.05, 4.69) is 17.6 Å². The standard InChI is InChI=1S/C16H19N3O2/c1-3-12-8-5-6-9-13(12)18-15-11-7-10-14(17-4-2)16(15)19(20)21/h5-11,17-18H,3-4H2,1-2H3. The van der Waals surface area contributed by atoms with Crippen LogP contribution in [0.25, 0.3) is 0 Å². The normalized spacial score (nSPS) is 10.2. The third-order valence-electron chi connectivity index (χ3n) is 3.25. The molecule has 2 aromatic rings. The lowest BCUT2D eigenvalue weighted by Crippen LogP contribution is -2.04. The number of nitrogens with zero attached hydrogens (tertiary/aromatic N) is 1. The summed E-state index contributed by atoms with van der Waals surface area (Å²) >= 11 is 0. The minimum atomic E-state index is -0.352. The summed E-state index contributed by atoms with van der Waals surface area (Å²) < 4.78 is 0. The Balaban J connectivity index is 2.44. The quantitative estimate of drug-likeness (QED) is 0.612. The van der Waals surface area contributed by atoms with Crippen molar-refractivity contribution in [1.29, 1.82) is 0 Å². The van der Waals surface area contributed by atoms with Crippen LogP contribution >= 0.6 is 0 Å². The Morgan fingerprint density at radius 3 is 2.33 bits per heavy atom. The highest BCUT2D eigenvalue weighted by atomic mass is 16.6. The lowest BCUT2D eigenvalue weighted by atomic mass is 10.1. The molecular formula is C16H19N3O2. The number of hydrogen-bond acceptors (Lipinski definition) is 4. The van der Waals surface area contributed by atoms with Gasteiger partial charge in [0, 0.05) is 12.2 Å². The maximum Gasteiger partial charge on any atom is 0.315 e. The molecule has 0 heterocycles. The van der Waals surface area contributed by atoms with Gasteiger partial charge in [-0.2, -0.15) is 0 Å². The first-order chi connectivity index (χ1) is 10.2. The van der Waals surface area contributed by atoms with Gasteiger partial charge in [-0.15, -0.1) is 0 Å². The van der Waals surface area contributed by atoms with Gasteiger partial charge in [-0.1, -0.05) is 31.2 Å². The molecule has 0 amide bonds. The SMILES string of the molecule is CCNc1cccc(Nc2ccccc2CC)c1[N+](=O)[O-]. The number of hydrogen-bond donors (Lipinski definition) is 2. The van der Waals surface area contributed by atoms with E-state index in [1.807, 2.05) is 37.3 Å². The van der Waals surface area contributed by atoms with Crippen LogP contribution in [0.1, 0.15) is 19.4 Å². The number of nitro groups is 1. The molecular weight excluding hydrogens is 266 g/mol. The van der Waals surface area contributed by atoms with Gasteiger partial charge in [-0.05, 0) is 37.1 Å². The van der Waals surface area contributed by atoms with Crippen molar-refractivity contribution < 1.29 is 4.92 Å². The number of benzene rings is 2. The van der Waals surface area contributed by atoms with Crippen molar-refractivity contribution in [3.05, 3.63) is 58.1 Å². The van der Waals surface area contributed by atoms with Crippen LogP contribution in [0.15, 0.2) is 42.5 Å². The van der Waals surface area contributed by atoms with E-state index in [0.717, 1.165) is 17.7 Å². The van der Waals surface area contributed by atoms with E-state index >= 15 is 0 Å². The molecule has 2 aromatic carbocycles. The van der Waals surface area contributed by atoms with Gasteiger partial charge in [0.05, 0.1) is 4.92 Å². The van der Waals surface area contributed by atoms with Gasteiger partial charge in [0.2, 0.25) is 0 Å². The number of para-hydroxylation sites is 2. The lowest BCUT2D eigenvalue weighted by Gasteiger charge is -2.13. The Kier molecular flexibility index (Phi) is 4.77. The van der Waals surface area contributed by atoms with Crippen LogP contribution in [0.4, 0.5) is 22.7 Å². The van der Waals surface area contributed by atoms with Gasteiger partial charge in [-0.25, -0.2) is 0 Å². The average molecular weight is 285 g/mol. The maximum absolute atomic E-state index is 11.4. The highest BCUT2D eigenvalue weighted by molar-refractivity contribution is 5.80. The summed E-state index contributed by atoms with van der Waals surface area (Å²) in [5, 5.41) is 17.6. The molecule has 2 N–H and O–H groups in total. The predicted molar refractivity (Wildman–Crippen MR) is 86.4 cm³/mol. The first-order valence-electron chi connectivity index (χ1n) is 7.03. The number of nitro benzene ring substituents is 1. The molecule has 0 atom stereocenters. The highest BCUT2D eigenvalue weighted by Crippen LogP contribution is 2.35. The van der Waals surface area contributed by atoms with Crippen molar-refractivity contribution in [2.75, 3.05) is 17.2 Å². The molecule has 0 saturated heterocycles. The Hall–Kier alpha value is -2.56. The van der Waals surface area contributed by atoms with E-state index in [1.54, 1.807) is 12.1 Å². The Morgan fingerprint density at radius 1 is 1.00 bits per heavy atom. The van der Waals surface area contributed by atoms with Crippen molar-refractivity contribution >= 4 is 22.7 Å². The summed E-state index contributed by atoms with van der Waals surface area (Å²) in [6.45, 7) is 4.61. The first-order valence-corrected chi connectivity index (χ1v) is 7.03. The van der Waals surface area contributed by atoms with E-state index in [0.29, 0.717) is 17.9 Å². The molecule has 0 unspecified atom stereocenters. The average Bonchev–Trinajstić information content (AvgIpc) is 2.48. The summed E-state index contributed by atoms with van der Waals surface area (Å²) in [5.41, 5.74) is 3.13. The second-order valence-corrected chi connectivity index (χ2v) is 4.62. The Bertz CT molecular complexity index is 641. The molecule has 5 heteroatoms. The third kappa shape index (κ3) is 3.31. The zero-order valence-electron chi connectivity index (χ0n) is 12.2. The van der Waals surface area contributed by atoms with E-state index < -0.39 is 0 Å². The van der Waals surface area contributed by atoms with Crippen molar-refractivity contribution in [2.45, 2.75) is 20.3 Å². The largest absolute Gasteiger partial charge is 0.380 e. The smallest absolute Gasteiger partial charge is 0.315 e. The van der Waals surface area contributed by atoms with E-state index in [1.165, 1.54) is 0 Å². The lowest BCUT2D eigenvalue weighted by molar-refractivity contribution is -0.383. The van der Waals surface area contributed by atoms with Crippen molar-refractivity contribution in [3.63, 3.8) is 0 Å². The number of rotatable bonds is 6. The zero-order chi connectivity index (χ0) is 15.2. The van der Waals surface area contributed by atoms with Crippen LogP contribution in [0.5, 0.6) is 0 Å². The van der Waals surface area contributed by atoms with E-state index in [-0.39, 0.29) is 10.6 Å².